The van der Waals surface area contributed by atoms with Crippen LogP contribution < -0.4 is 11.5 Å². The molecule has 0 aromatic carbocycles. The monoisotopic (exact) mass is 252 g/mol. The standard InChI is InChI=1S/C15H28N2O/c1-14(12-8-4-2-3-5-9-12)10-6-7-11-15(16,17)13(14)18/h12H,2-11,16-17H2,1H3. The normalized spacial score (nSPS) is 34.9. The topological polar surface area (TPSA) is 69.1 Å². The predicted molar refractivity (Wildman–Crippen MR) is 73.9 cm³/mol. The number of carbonyl (C=O) groups is 1. The van der Waals surface area contributed by atoms with Crippen molar-refractivity contribution in [3.63, 3.8) is 0 Å². The quantitative estimate of drug-likeness (QED) is 0.557. The van der Waals surface area contributed by atoms with Crippen LogP contribution in [-0.2, 0) is 4.79 Å². The third-order valence-corrected chi connectivity index (χ3v) is 5.23. The molecule has 18 heavy (non-hydrogen) atoms. The van der Waals surface area contributed by atoms with E-state index in [9.17, 15) is 4.79 Å². The van der Waals surface area contributed by atoms with E-state index in [1.54, 1.807) is 0 Å². The van der Waals surface area contributed by atoms with Crippen molar-refractivity contribution in [2.45, 2.75) is 76.8 Å². The molecule has 0 saturated heterocycles. The molecule has 0 heterocycles. The Morgan fingerprint density at radius 3 is 2.11 bits per heavy atom. The minimum atomic E-state index is -1.09. The maximum atomic E-state index is 12.8. The van der Waals surface area contributed by atoms with Gasteiger partial charge in [0, 0.05) is 5.41 Å². The van der Waals surface area contributed by atoms with Crippen LogP contribution in [0.5, 0.6) is 0 Å². The summed E-state index contributed by atoms with van der Waals surface area (Å²) in [5.74, 6) is 0.622. The molecule has 0 amide bonds. The zero-order valence-electron chi connectivity index (χ0n) is 11.7. The summed E-state index contributed by atoms with van der Waals surface area (Å²) in [5.41, 5.74) is 10.8. The molecule has 2 fully saturated rings. The van der Waals surface area contributed by atoms with Gasteiger partial charge in [-0.05, 0) is 38.0 Å². The van der Waals surface area contributed by atoms with Crippen molar-refractivity contribution in [3.05, 3.63) is 0 Å². The van der Waals surface area contributed by atoms with Crippen molar-refractivity contribution < 1.29 is 4.79 Å². The second-order valence-corrected chi connectivity index (χ2v) is 6.68. The molecule has 2 aliphatic carbocycles. The van der Waals surface area contributed by atoms with E-state index < -0.39 is 5.66 Å². The molecule has 0 radical (unpaired) electrons. The van der Waals surface area contributed by atoms with Crippen molar-refractivity contribution >= 4 is 5.78 Å². The van der Waals surface area contributed by atoms with Crippen LogP contribution >= 0.6 is 0 Å². The summed E-state index contributed by atoms with van der Waals surface area (Å²) in [7, 11) is 0. The van der Waals surface area contributed by atoms with Gasteiger partial charge in [-0.1, -0.05) is 39.0 Å². The Labute approximate surface area is 111 Å². The average Bonchev–Trinajstić information content (AvgIpc) is 2.66. The van der Waals surface area contributed by atoms with E-state index in [0.717, 1.165) is 19.3 Å². The van der Waals surface area contributed by atoms with Crippen LogP contribution in [-0.4, -0.2) is 11.4 Å². The summed E-state index contributed by atoms with van der Waals surface area (Å²) < 4.78 is 0. The Kier molecular flexibility index (Phi) is 4.12. The van der Waals surface area contributed by atoms with E-state index in [-0.39, 0.29) is 11.2 Å². The summed E-state index contributed by atoms with van der Waals surface area (Å²) in [4.78, 5) is 12.8. The van der Waals surface area contributed by atoms with Crippen LogP contribution in [0, 0.1) is 11.3 Å². The molecule has 4 N–H and O–H groups in total. The molecule has 0 aliphatic heterocycles. The fourth-order valence-electron chi connectivity index (χ4n) is 3.97. The Morgan fingerprint density at radius 1 is 0.944 bits per heavy atom. The molecule has 2 rings (SSSR count). The molecule has 2 aliphatic rings. The lowest BCUT2D eigenvalue weighted by atomic mass is 9.66. The summed E-state index contributed by atoms with van der Waals surface area (Å²) in [5, 5.41) is 0. The number of nitrogens with two attached hydrogens (primary N) is 2. The maximum absolute atomic E-state index is 12.8. The number of carbonyl (C=O) groups excluding carboxylic acids is 1. The Bertz CT molecular complexity index is 306. The minimum Gasteiger partial charge on any atom is -0.307 e. The van der Waals surface area contributed by atoms with Gasteiger partial charge >= 0.3 is 0 Å². The highest BCUT2D eigenvalue weighted by Gasteiger charge is 2.48. The third kappa shape index (κ3) is 2.62. The first kappa shape index (κ1) is 14.0. The number of hydrogen-bond acceptors (Lipinski definition) is 3. The molecule has 2 saturated carbocycles. The molecule has 1 atom stereocenters. The molecule has 1 unspecified atom stereocenters. The van der Waals surface area contributed by atoms with Gasteiger partial charge in [-0.2, -0.15) is 0 Å². The Balaban J connectivity index is 2.22. The summed E-state index contributed by atoms with van der Waals surface area (Å²) in [6.07, 6.45) is 11.2. The Morgan fingerprint density at radius 2 is 1.50 bits per heavy atom. The van der Waals surface area contributed by atoms with Crippen LogP contribution in [0.15, 0.2) is 0 Å². The molecular weight excluding hydrogens is 224 g/mol. The van der Waals surface area contributed by atoms with Gasteiger partial charge in [0.2, 0.25) is 0 Å². The molecule has 0 spiro atoms. The highest BCUT2D eigenvalue weighted by atomic mass is 16.1. The van der Waals surface area contributed by atoms with Crippen molar-refractivity contribution in [1.29, 1.82) is 0 Å². The average molecular weight is 252 g/mol. The van der Waals surface area contributed by atoms with Gasteiger partial charge in [0.15, 0.2) is 5.78 Å². The van der Waals surface area contributed by atoms with Gasteiger partial charge < -0.3 is 11.5 Å². The molecule has 0 bridgehead atoms. The first-order valence-electron chi connectivity index (χ1n) is 7.59. The van der Waals surface area contributed by atoms with Gasteiger partial charge in [-0.3, -0.25) is 4.79 Å². The van der Waals surface area contributed by atoms with Crippen LogP contribution in [0.1, 0.15) is 71.1 Å². The predicted octanol–water partition coefficient (Wildman–Crippen LogP) is 2.72. The van der Waals surface area contributed by atoms with E-state index in [1.165, 1.54) is 38.5 Å². The van der Waals surface area contributed by atoms with Crippen LogP contribution in [0.3, 0.4) is 0 Å². The van der Waals surface area contributed by atoms with E-state index in [1.807, 2.05) is 0 Å². The highest BCUT2D eigenvalue weighted by molar-refractivity contribution is 5.93. The third-order valence-electron chi connectivity index (χ3n) is 5.23. The smallest absolute Gasteiger partial charge is 0.173 e. The zero-order valence-corrected chi connectivity index (χ0v) is 11.7. The molecule has 104 valence electrons. The summed E-state index contributed by atoms with van der Waals surface area (Å²) >= 11 is 0. The van der Waals surface area contributed by atoms with Gasteiger partial charge in [-0.15, -0.1) is 0 Å². The van der Waals surface area contributed by atoms with Gasteiger partial charge in [0.1, 0.15) is 5.66 Å². The fraction of sp³-hybridized carbons (Fsp3) is 0.933. The van der Waals surface area contributed by atoms with Crippen LogP contribution in [0.4, 0.5) is 0 Å². The number of ketones is 1. The van der Waals surface area contributed by atoms with Crippen LogP contribution in [0.2, 0.25) is 0 Å². The second-order valence-electron chi connectivity index (χ2n) is 6.68. The number of rotatable bonds is 1. The fourth-order valence-corrected chi connectivity index (χ4v) is 3.97. The van der Waals surface area contributed by atoms with E-state index in [4.69, 9.17) is 11.5 Å². The van der Waals surface area contributed by atoms with Gasteiger partial charge in [0.25, 0.3) is 0 Å². The van der Waals surface area contributed by atoms with Crippen molar-refractivity contribution in [2.75, 3.05) is 0 Å². The first-order valence-corrected chi connectivity index (χ1v) is 7.59. The SMILES string of the molecule is CC1(C2CCCCCC2)CCCCC(N)(N)C1=O. The molecule has 0 aromatic heterocycles. The maximum Gasteiger partial charge on any atom is 0.173 e. The molecular formula is C15H28N2O. The van der Waals surface area contributed by atoms with Crippen molar-refractivity contribution in [3.8, 4) is 0 Å². The molecule has 3 heteroatoms. The number of hydrogen-bond donors (Lipinski definition) is 2. The van der Waals surface area contributed by atoms with E-state index in [0.29, 0.717) is 12.3 Å². The lowest BCUT2D eigenvalue weighted by molar-refractivity contribution is -0.136. The van der Waals surface area contributed by atoms with E-state index in [2.05, 4.69) is 6.92 Å². The zero-order chi connectivity index (χ0) is 13.2. The lowest BCUT2D eigenvalue weighted by Crippen LogP contribution is -2.61. The van der Waals surface area contributed by atoms with Crippen molar-refractivity contribution in [1.82, 2.24) is 0 Å². The minimum absolute atomic E-state index is 0.124. The summed E-state index contributed by atoms with van der Waals surface area (Å²) in [6.45, 7) is 2.13. The van der Waals surface area contributed by atoms with Gasteiger partial charge in [0.05, 0.1) is 0 Å². The molecule has 3 nitrogen and oxygen atoms in total. The van der Waals surface area contributed by atoms with Crippen LogP contribution in [0.25, 0.3) is 0 Å². The highest BCUT2D eigenvalue weighted by Crippen LogP contribution is 2.45. The Hall–Kier alpha value is -0.410. The van der Waals surface area contributed by atoms with Crippen molar-refractivity contribution in [2.24, 2.45) is 22.8 Å². The largest absolute Gasteiger partial charge is 0.307 e. The van der Waals surface area contributed by atoms with Gasteiger partial charge in [-0.25, -0.2) is 0 Å². The van der Waals surface area contributed by atoms with E-state index >= 15 is 0 Å². The first-order chi connectivity index (χ1) is 8.47. The molecule has 0 aromatic rings. The lowest BCUT2D eigenvalue weighted by Gasteiger charge is -2.39. The number of Topliss-reactive ketones (excluding diaryl/α,β-unsaturated/α-hetero) is 1. The second kappa shape index (κ2) is 5.30. The summed E-state index contributed by atoms with van der Waals surface area (Å²) in [6, 6.07) is 0.